The Bertz CT molecular complexity index is 109. The number of carbonyl (C=O) groups is 2. The number of hydrogen-bond acceptors (Lipinski definition) is 3. The minimum absolute atomic E-state index is 0.175. The van der Waals surface area contributed by atoms with E-state index in [2.05, 4.69) is 4.74 Å². The van der Waals surface area contributed by atoms with E-state index in [9.17, 15) is 9.59 Å². The Balaban J connectivity index is 3.13. The second-order valence-corrected chi connectivity index (χ2v) is 2.04. The van der Waals surface area contributed by atoms with E-state index in [0.29, 0.717) is 6.42 Å². The molecule has 0 aliphatic carbocycles. The Morgan fingerprint density at radius 2 is 2.20 bits per heavy atom. The summed E-state index contributed by atoms with van der Waals surface area (Å²) in [5.74, 6) is -0.427. The standard InChI is InChI=1S/C7H12O3/c1-2-3-4-5-7(9)10-6-8/h6H,2-5H2,1H3. The van der Waals surface area contributed by atoms with Crippen LogP contribution in [-0.4, -0.2) is 12.4 Å². The summed E-state index contributed by atoms with van der Waals surface area (Å²) in [5.41, 5.74) is 0. The number of hydrogen-bond donors (Lipinski definition) is 0. The number of carbonyl (C=O) groups excluding carboxylic acids is 2. The summed E-state index contributed by atoms with van der Waals surface area (Å²) in [6.07, 6.45) is 3.23. The summed E-state index contributed by atoms with van der Waals surface area (Å²) in [6, 6.07) is 0. The zero-order valence-electron chi connectivity index (χ0n) is 6.13. The zero-order chi connectivity index (χ0) is 7.82. The van der Waals surface area contributed by atoms with E-state index in [1.54, 1.807) is 0 Å². The molecule has 0 bridgehead atoms. The molecule has 3 heteroatoms. The number of ether oxygens (including phenoxy) is 1. The van der Waals surface area contributed by atoms with Gasteiger partial charge in [-0.05, 0) is 6.42 Å². The van der Waals surface area contributed by atoms with Crippen LogP contribution in [0.2, 0.25) is 0 Å². The van der Waals surface area contributed by atoms with Crippen molar-refractivity contribution in [3.05, 3.63) is 0 Å². The van der Waals surface area contributed by atoms with Crippen LogP contribution in [0.5, 0.6) is 0 Å². The quantitative estimate of drug-likeness (QED) is 0.252. The first-order valence-electron chi connectivity index (χ1n) is 3.44. The molecule has 58 valence electrons. The van der Waals surface area contributed by atoms with E-state index in [1.165, 1.54) is 0 Å². The fourth-order valence-electron chi connectivity index (χ4n) is 0.632. The van der Waals surface area contributed by atoms with Gasteiger partial charge in [-0.25, -0.2) is 0 Å². The van der Waals surface area contributed by atoms with Crippen LogP contribution in [0.25, 0.3) is 0 Å². The first-order valence-corrected chi connectivity index (χ1v) is 3.44. The van der Waals surface area contributed by atoms with Crippen molar-refractivity contribution in [1.82, 2.24) is 0 Å². The molecule has 0 unspecified atom stereocenters. The minimum atomic E-state index is -0.427. The molecule has 0 aliphatic rings. The predicted molar refractivity (Wildman–Crippen MR) is 36.3 cm³/mol. The van der Waals surface area contributed by atoms with Crippen molar-refractivity contribution in [3.63, 3.8) is 0 Å². The van der Waals surface area contributed by atoms with E-state index in [-0.39, 0.29) is 6.47 Å². The summed E-state index contributed by atoms with van der Waals surface area (Å²) >= 11 is 0. The number of esters is 1. The van der Waals surface area contributed by atoms with Gasteiger partial charge in [-0.15, -0.1) is 0 Å². The molecule has 0 rings (SSSR count). The van der Waals surface area contributed by atoms with E-state index in [4.69, 9.17) is 0 Å². The zero-order valence-corrected chi connectivity index (χ0v) is 6.13. The minimum Gasteiger partial charge on any atom is -0.395 e. The van der Waals surface area contributed by atoms with Crippen molar-refractivity contribution in [2.45, 2.75) is 32.6 Å². The van der Waals surface area contributed by atoms with Gasteiger partial charge in [0.25, 0.3) is 0 Å². The van der Waals surface area contributed by atoms with Gasteiger partial charge in [0.05, 0.1) is 0 Å². The van der Waals surface area contributed by atoms with Crippen LogP contribution in [0.15, 0.2) is 0 Å². The van der Waals surface area contributed by atoms with Gasteiger partial charge in [0.1, 0.15) is 0 Å². The molecule has 0 aromatic rings. The Labute approximate surface area is 60.4 Å². The molecule has 10 heavy (non-hydrogen) atoms. The summed E-state index contributed by atoms with van der Waals surface area (Å²) in [5, 5.41) is 0. The van der Waals surface area contributed by atoms with Crippen molar-refractivity contribution >= 4 is 12.4 Å². The maximum Gasteiger partial charge on any atom is 0.313 e. The first-order chi connectivity index (χ1) is 4.81. The Morgan fingerprint density at radius 1 is 1.50 bits per heavy atom. The van der Waals surface area contributed by atoms with Crippen LogP contribution in [0.3, 0.4) is 0 Å². The maximum absolute atomic E-state index is 10.5. The molecule has 0 spiro atoms. The van der Waals surface area contributed by atoms with E-state index in [0.717, 1.165) is 19.3 Å². The summed E-state index contributed by atoms with van der Waals surface area (Å²) < 4.78 is 4.07. The first kappa shape index (κ1) is 9.14. The molecule has 0 fully saturated rings. The third-order valence-corrected chi connectivity index (χ3v) is 1.16. The molecule has 0 aromatic carbocycles. The monoisotopic (exact) mass is 144 g/mol. The number of rotatable bonds is 5. The average molecular weight is 144 g/mol. The second-order valence-electron chi connectivity index (χ2n) is 2.04. The van der Waals surface area contributed by atoms with Gasteiger partial charge in [-0.3, -0.25) is 9.59 Å². The van der Waals surface area contributed by atoms with Crippen LogP contribution in [-0.2, 0) is 14.3 Å². The molecular formula is C7H12O3. The van der Waals surface area contributed by atoms with Gasteiger partial charge in [-0.1, -0.05) is 19.8 Å². The Hall–Kier alpha value is -0.860. The van der Waals surface area contributed by atoms with Crippen LogP contribution in [0.4, 0.5) is 0 Å². The highest BCUT2D eigenvalue weighted by Crippen LogP contribution is 1.99. The third-order valence-electron chi connectivity index (χ3n) is 1.16. The SMILES string of the molecule is CCCCCC(=O)OC=O. The molecule has 0 saturated heterocycles. The molecular weight excluding hydrogens is 132 g/mol. The molecule has 0 saturated carbocycles. The lowest BCUT2D eigenvalue weighted by atomic mass is 10.2. The summed E-state index contributed by atoms with van der Waals surface area (Å²) in [4.78, 5) is 20.1. The van der Waals surface area contributed by atoms with Gasteiger partial charge in [0.2, 0.25) is 0 Å². The lowest BCUT2D eigenvalue weighted by Crippen LogP contribution is -2.01. The summed E-state index contributed by atoms with van der Waals surface area (Å²) in [6.45, 7) is 2.22. The largest absolute Gasteiger partial charge is 0.395 e. The van der Waals surface area contributed by atoms with Crippen molar-refractivity contribution < 1.29 is 14.3 Å². The molecule has 0 aliphatic heterocycles. The van der Waals surface area contributed by atoms with Gasteiger partial charge in [0, 0.05) is 6.42 Å². The highest BCUT2D eigenvalue weighted by molar-refractivity contribution is 5.76. The topological polar surface area (TPSA) is 43.4 Å². The average Bonchev–Trinajstić information content (AvgIpc) is 1.89. The lowest BCUT2D eigenvalue weighted by Gasteiger charge is -1.94. The molecule has 0 atom stereocenters. The van der Waals surface area contributed by atoms with Crippen molar-refractivity contribution in [2.75, 3.05) is 0 Å². The Morgan fingerprint density at radius 3 is 2.70 bits per heavy atom. The third kappa shape index (κ3) is 5.28. The van der Waals surface area contributed by atoms with Crippen molar-refractivity contribution in [3.8, 4) is 0 Å². The van der Waals surface area contributed by atoms with Crippen LogP contribution < -0.4 is 0 Å². The smallest absolute Gasteiger partial charge is 0.313 e. The van der Waals surface area contributed by atoms with Gasteiger partial charge in [0.15, 0.2) is 0 Å². The predicted octanol–water partition coefficient (Wildman–Crippen LogP) is 1.27. The molecule has 3 nitrogen and oxygen atoms in total. The molecule has 0 aromatic heterocycles. The second kappa shape index (κ2) is 6.26. The fourth-order valence-corrected chi connectivity index (χ4v) is 0.632. The molecule has 0 radical (unpaired) electrons. The maximum atomic E-state index is 10.5. The summed E-state index contributed by atoms with van der Waals surface area (Å²) in [7, 11) is 0. The van der Waals surface area contributed by atoms with E-state index < -0.39 is 5.97 Å². The van der Waals surface area contributed by atoms with Crippen molar-refractivity contribution in [1.29, 1.82) is 0 Å². The molecule has 0 heterocycles. The van der Waals surface area contributed by atoms with Gasteiger partial charge < -0.3 is 4.74 Å². The van der Waals surface area contributed by atoms with Crippen molar-refractivity contribution in [2.24, 2.45) is 0 Å². The van der Waals surface area contributed by atoms with Gasteiger partial charge in [-0.2, -0.15) is 0 Å². The highest BCUT2D eigenvalue weighted by atomic mass is 16.6. The lowest BCUT2D eigenvalue weighted by molar-refractivity contribution is -0.151. The van der Waals surface area contributed by atoms with Crippen LogP contribution >= 0.6 is 0 Å². The normalized spacial score (nSPS) is 8.90. The Kier molecular flexibility index (Phi) is 5.72. The van der Waals surface area contributed by atoms with E-state index in [1.807, 2.05) is 6.92 Å². The fraction of sp³-hybridized carbons (Fsp3) is 0.714. The number of unbranched alkanes of at least 4 members (excludes halogenated alkanes) is 2. The van der Waals surface area contributed by atoms with Gasteiger partial charge >= 0.3 is 12.4 Å². The van der Waals surface area contributed by atoms with E-state index >= 15 is 0 Å². The van der Waals surface area contributed by atoms with Crippen LogP contribution in [0, 0.1) is 0 Å². The highest BCUT2D eigenvalue weighted by Gasteiger charge is 1.99. The van der Waals surface area contributed by atoms with Crippen LogP contribution in [0.1, 0.15) is 32.6 Å². The molecule has 0 N–H and O–H groups in total. The molecule has 0 amide bonds.